The fourth-order valence-electron chi connectivity index (χ4n) is 4.20. The maximum Gasteiger partial charge on any atom is 0.322 e. The van der Waals surface area contributed by atoms with Gasteiger partial charge in [-0.2, -0.15) is 0 Å². The third-order valence-electron chi connectivity index (χ3n) is 5.63. The molecule has 144 valence electrons. The topological polar surface area (TPSA) is 32.3 Å². The van der Waals surface area contributed by atoms with Gasteiger partial charge >= 0.3 is 6.03 Å². The summed E-state index contributed by atoms with van der Waals surface area (Å²) in [5.41, 5.74) is 6.05. The number of para-hydroxylation sites is 1. The second-order valence-electron chi connectivity index (χ2n) is 7.33. The zero-order valence-electron chi connectivity index (χ0n) is 16.7. The second kappa shape index (κ2) is 7.80. The van der Waals surface area contributed by atoms with Crippen molar-refractivity contribution in [3.05, 3.63) is 86.6 Å². The molecule has 1 aliphatic rings. The molecular weight excluding hydrogens is 364 g/mol. The highest BCUT2D eigenvalue weighted by atomic mass is 32.1. The third kappa shape index (κ3) is 3.33. The van der Waals surface area contributed by atoms with Crippen LogP contribution in [0.3, 0.4) is 0 Å². The summed E-state index contributed by atoms with van der Waals surface area (Å²) in [6.45, 7) is 7.19. The van der Waals surface area contributed by atoms with Crippen LogP contribution in [0.1, 0.15) is 45.0 Å². The molecule has 1 aliphatic heterocycles. The van der Waals surface area contributed by atoms with Gasteiger partial charge in [0.15, 0.2) is 0 Å². The predicted molar refractivity (Wildman–Crippen MR) is 117 cm³/mol. The number of amides is 2. The van der Waals surface area contributed by atoms with E-state index in [1.807, 2.05) is 53.5 Å². The molecule has 2 heterocycles. The summed E-state index contributed by atoms with van der Waals surface area (Å²) in [5, 5.41) is 3.14. The Bertz CT molecular complexity index is 993. The molecule has 2 aromatic carbocycles. The number of hydrogen-bond acceptors (Lipinski definition) is 2. The quantitative estimate of drug-likeness (QED) is 0.575. The lowest BCUT2D eigenvalue weighted by molar-refractivity contribution is 0.195. The number of anilines is 1. The Morgan fingerprint density at radius 3 is 2.54 bits per heavy atom. The summed E-state index contributed by atoms with van der Waals surface area (Å²) >= 11 is 1.85. The van der Waals surface area contributed by atoms with Crippen LogP contribution in [-0.4, -0.2) is 17.5 Å². The monoisotopic (exact) mass is 390 g/mol. The van der Waals surface area contributed by atoms with E-state index in [-0.39, 0.29) is 12.1 Å². The minimum Gasteiger partial charge on any atom is -0.312 e. The molecule has 3 aromatic rings. The van der Waals surface area contributed by atoms with Gasteiger partial charge in [0.25, 0.3) is 0 Å². The Hall–Kier alpha value is -2.59. The highest BCUT2D eigenvalue weighted by Crippen LogP contribution is 2.43. The third-order valence-corrected chi connectivity index (χ3v) is 6.87. The number of aryl methyl sites for hydroxylation is 2. The van der Waals surface area contributed by atoms with Crippen molar-refractivity contribution < 1.29 is 4.79 Å². The Morgan fingerprint density at radius 1 is 1.11 bits per heavy atom. The van der Waals surface area contributed by atoms with Crippen molar-refractivity contribution in [2.75, 3.05) is 11.9 Å². The van der Waals surface area contributed by atoms with Gasteiger partial charge in [-0.05, 0) is 55.0 Å². The Balaban J connectivity index is 1.74. The second-order valence-corrected chi connectivity index (χ2v) is 8.59. The Labute approximate surface area is 171 Å². The smallest absolute Gasteiger partial charge is 0.312 e. The van der Waals surface area contributed by atoms with Gasteiger partial charge in [-0.15, -0.1) is 11.3 Å². The standard InChI is InChI=1S/C24H26N2OS/c1-4-19-17(3)28-23-20(19)14-15-26(22(23)18-11-6-5-7-12-18)24(27)25-21-13-9-8-10-16(21)2/h5-13,22H,4,14-15H2,1-3H3,(H,25,27)/t22-/m0/s1. The minimum absolute atomic E-state index is 0.0297. The van der Waals surface area contributed by atoms with E-state index in [1.54, 1.807) is 0 Å². The molecular formula is C24H26N2OS. The van der Waals surface area contributed by atoms with Crippen molar-refractivity contribution in [3.8, 4) is 0 Å². The summed E-state index contributed by atoms with van der Waals surface area (Å²) in [5.74, 6) is 0. The molecule has 0 aliphatic carbocycles. The van der Waals surface area contributed by atoms with Gasteiger partial charge in [0, 0.05) is 22.0 Å². The molecule has 0 radical (unpaired) electrons. The summed E-state index contributed by atoms with van der Waals surface area (Å²) < 4.78 is 0. The van der Waals surface area contributed by atoms with Gasteiger partial charge in [0.1, 0.15) is 0 Å². The SMILES string of the molecule is CCc1c(C)sc2c1CCN(C(=O)Nc1ccccc1C)[C@H]2c1ccccc1. The van der Waals surface area contributed by atoms with Crippen LogP contribution in [0.15, 0.2) is 54.6 Å². The number of carbonyl (C=O) groups excluding carboxylic acids is 1. The molecule has 0 saturated carbocycles. The van der Waals surface area contributed by atoms with Crippen LogP contribution < -0.4 is 5.32 Å². The zero-order chi connectivity index (χ0) is 19.7. The maximum absolute atomic E-state index is 13.3. The minimum atomic E-state index is -0.0297. The molecule has 1 aromatic heterocycles. The van der Waals surface area contributed by atoms with E-state index in [4.69, 9.17) is 0 Å². The van der Waals surface area contributed by atoms with Crippen LogP contribution in [0.2, 0.25) is 0 Å². The number of benzene rings is 2. The molecule has 3 nitrogen and oxygen atoms in total. The number of rotatable bonds is 3. The molecule has 2 amide bonds. The molecule has 28 heavy (non-hydrogen) atoms. The predicted octanol–water partition coefficient (Wildman–Crippen LogP) is 6.11. The zero-order valence-corrected chi connectivity index (χ0v) is 17.5. The van der Waals surface area contributed by atoms with Gasteiger partial charge in [-0.3, -0.25) is 0 Å². The van der Waals surface area contributed by atoms with Crippen LogP contribution in [0.25, 0.3) is 0 Å². The summed E-state index contributed by atoms with van der Waals surface area (Å²) in [6.07, 6.45) is 1.97. The number of hydrogen-bond donors (Lipinski definition) is 1. The Kier molecular flexibility index (Phi) is 5.23. The number of urea groups is 1. The number of carbonyl (C=O) groups is 1. The number of nitrogens with one attached hydrogen (secondary N) is 1. The lowest BCUT2D eigenvalue weighted by Crippen LogP contribution is -2.42. The first-order valence-electron chi connectivity index (χ1n) is 9.89. The molecule has 1 atom stereocenters. The molecule has 0 spiro atoms. The molecule has 4 heteroatoms. The van der Waals surface area contributed by atoms with E-state index in [0.717, 1.165) is 30.6 Å². The van der Waals surface area contributed by atoms with E-state index < -0.39 is 0 Å². The number of nitrogens with zero attached hydrogens (tertiary/aromatic N) is 1. The highest BCUT2D eigenvalue weighted by Gasteiger charge is 2.35. The van der Waals surface area contributed by atoms with Crippen molar-refractivity contribution in [1.82, 2.24) is 4.90 Å². The van der Waals surface area contributed by atoms with Crippen LogP contribution in [0.4, 0.5) is 10.5 Å². The van der Waals surface area contributed by atoms with Crippen molar-refractivity contribution >= 4 is 23.1 Å². The average Bonchev–Trinajstić information content (AvgIpc) is 3.04. The highest BCUT2D eigenvalue weighted by molar-refractivity contribution is 7.12. The first kappa shape index (κ1) is 18.8. The maximum atomic E-state index is 13.3. The average molecular weight is 391 g/mol. The molecule has 1 N–H and O–H groups in total. The van der Waals surface area contributed by atoms with Gasteiger partial charge in [-0.25, -0.2) is 4.79 Å². The lowest BCUT2D eigenvalue weighted by atomic mass is 9.92. The molecule has 4 rings (SSSR count). The fourth-order valence-corrected chi connectivity index (χ4v) is 5.64. The van der Waals surface area contributed by atoms with E-state index in [9.17, 15) is 4.79 Å². The summed E-state index contributed by atoms with van der Waals surface area (Å²) in [4.78, 5) is 18.0. The van der Waals surface area contributed by atoms with Gasteiger partial charge in [0.05, 0.1) is 6.04 Å². The van der Waals surface area contributed by atoms with Crippen molar-refractivity contribution in [3.63, 3.8) is 0 Å². The normalized spacial score (nSPS) is 16.0. The lowest BCUT2D eigenvalue weighted by Gasteiger charge is -2.36. The van der Waals surface area contributed by atoms with E-state index >= 15 is 0 Å². The summed E-state index contributed by atoms with van der Waals surface area (Å²) in [7, 11) is 0. The van der Waals surface area contributed by atoms with E-state index in [1.165, 1.54) is 26.4 Å². The van der Waals surface area contributed by atoms with Crippen molar-refractivity contribution in [1.29, 1.82) is 0 Å². The molecule has 0 bridgehead atoms. The van der Waals surface area contributed by atoms with Gasteiger partial charge < -0.3 is 10.2 Å². The summed E-state index contributed by atoms with van der Waals surface area (Å²) in [6, 6.07) is 18.3. The van der Waals surface area contributed by atoms with Crippen molar-refractivity contribution in [2.45, 2.75) is 39.7 Å². The first-order chi connectivity index (χ1) is 13.6. The van der Waals surface area contributed by atoms with Crippen LogP contribution in [0, 0.1) is 13.8 Å². The Morgan fingerprint density at radius 2 is 1.82 bits per heavy atom. The van der Waals surface area contributed by atoms with Crippen LogP contribution in [-0.2, 0) is 12.8 Å². The van der Waals surface area contributed by atoms with Gasteiger partial charge in [-0.1, -0.05) is 55.5 Å². The molecule has 0 fully saturated rings. The number of thiophene rings is 1. The largest absolute Gasteiger partial charge is 0.322 e. The van der Waals surface area contributed by atoms with Crippen molar-refractivity contribution in [2.24, 2.45) is 0 Å². The molecule has 0 saturated heterocycles. The van der Waals surface area contributed by atoms with E-state index in [0.29, 0.717) is 0 Å². The van der Waals surface area contributed by atoms with Crippen LogP contribution >= 0.6 is 11.3 Å². The van der Waals surface area contributed by atoms with E-state index in [2.05, 4.69) is 43.4 Å². The van der Waals surface area contributed by atoms with Crippen LogP contribution in [0.5, 0.6) is 0 Å². The fraction of sp³-hybridized carbons (Fsp3) is 0.292. The number of fused-ring (bicyclic) bond motifs is 1. The van der Waals surface area contributed by atoms with Gasteiger partial charge in [0.2, 0.25) is 0 Å². The molecule has 0 unspecified atom stereocenters. The first-order valence-corrected chi connectivity index (χ1v) is 10.7.